The third-order valence-electron chi connectivity index (χ3n) is 4.02. The predicted molar refractivity (Wildman–Crippen MR) is 108 cm³/mol. The summed E-state index contributed by atoms with van der Waals surface area (Å²) >= 11 is 1.39. The average Bonchev–Trinajstić information content (AvgIpc) is 3.02. The van der Waals surface area contributed by atoms with Crippen molar-refractivity contribution in [1.29, 1.82) is 0 Å². The number of fused-ring (bicyclic) bond motifs is 1. The molecule has 3 N–H and O–H groups in total. The third-order valence-corrected chi connectivity index (χ3v) is 5.01. The van der Waals surface area contributed by atoms with Crippen molar-refractivity contribution in [2.45, 2.75) is 11.8 Å². The topological polar surface area (TPSA) is 82.6 Å². The van der Waals surface area contributed by atoms with Gasteiger partial charge in [-0.3, -0.25) is 9.59 Å². The molecule has 0 bridgehead atoms. The zero-order valence-corrected chi connectivity index (χ0v) is 15.3. The molecule has 2 aliphatic rings. The van der Waals surface area contributed by atoms with Gasteiger partial charge in [-0.1, -0.05) is 36.0 Å². The Bertz CT molecular complexity index is 1020. The number of benzene rings is 2. The van der Waals surface area contributed by atoms with Crippen LogP contribution in [0.1, 0.15) is 12.5 Å². The van der Waals surface area contributed by atoms with Crippen molar-refractivity contribution in [3.05, 3.63) is 71.4 Å². The minimum absolute atomic E-state index is 0.118. The van der Waals surface area contributed by atoms with Crippen LogP contribution in [0.4, 0.5) is 11.4 Å². The van der Waals surface area contributed by atoms with E-state index in [-0.39, 0.29) is 11.8 Å². The highest BCUT2D eigenvalue weighted by atomic mass is 32.2. The summed E-state index contributed by atoms with van der Waals surface area (Å²) in [5.74, 6) is -0.355. The van der Waals surface area contributed by atoms with Crippen molar-refractivity contribution in [1.82, 2.24) is 5.43 Å². The molecule has 134 valence electrons. The summed E-state index contributed by atoms with van der Waals surface area (Å²) < 4.78 is 0. The van der Waals surface area contributed by atoms with E-state index in [1.54, 1.807) is 0 Å². The number of hydrogen-bond donors (Lipinski definition) is 3. The Morgan fingerprint density at radius 1 is 1.07 bits per heavy atom. The van der Waals surface area contributed by atoms with E-state index in [1.807, 2.05) is 60.7 Å². The van der Waals surface area contributed by atoms with Gasteiger partial charge in [-0.25, -0.2) is 5.43 Å². The molecule has 0 unspecified atom stereocenters. The largest absolute Gasteiger partial charge is 0.354 e. The van der Waals surface area contributed by atoms with Crippen LogP contribution in [-0.4, -0.2) is 16.9 Å². The number of allylic oxidation sites excluding steroid dienone is 1. The Kier molecular flexibility index (Phi) is 4.52. The fourth-order valence-electron chi connectivity index (χ4n) is 2.80. The number of hydrazone groups is 1. The van der Waals surface area contributed by atoms with Crippen LogP contribution < -0.4 is 16.1 Å². The van der Waals surface area contributed by atoms with E-state index in [2.05, 4.69) is 21.2 Å². The standard InChI is InChI=1S/C20H16N4O2S/c1-12(25)21-14-7-9-15(10-8-14)27-20-18(19(26)23-24-20)17-11-6-13-4-2-3-5-16(13)22-17/h2-11,22H,1H3,(H,21,25)(H,23,26)/b18-17+. The SMILES string of the molecule is CC(=O)Nc1ccc(SC2=NNC(=O)/C2=C2/C=Cc3ccccc3N2)cc1. The van der Waals surface area contributed by atoms with Crippen molar-refractivity contribution < 1.29 is 9.59 Å². The first-order valence-corrected chi connectivity index (χ1v) is 9.14. The predicted octanol–water partition coefficient (Wildman–Crippen LogP) is 3.57. The molecule has 2 aliphatic heterocycles. The first kappa shape index (κ1) is 17.1. The molecule has 6 nitrogen and oxygen atoms in total. The zero-order valence-electron chi connectivity index (χ0n) is 14.4. The molecule has 2 aromatic rings. The van der Waals surface area contributed by atoms with Gasteiger partial charge in [-0.05, 0) is 42.0 Å². The number of hydrogen-bond acceptors (Lipinski definition) is 5. The maximum atomic E-state index is 12.3. The second kappa shape index (κ2) is 7.13. The highest BCUT2D eigenvalue weighted by molar-refractivity contribution is 8.14. The van der Waals surface area contributed by atoms with Crippen LogP contribution in [0.5, 0.6) is 0 Å². The molecule has 0 fully saturated rings. The van der Waals surface area contributed by atoms with Gasteiger partial charge in [-0.15, -0.1) is 0 Å². The van der Waals surface area contributed by atoms with Crippen LogP contribution in [-0.2, 0) is 9.59 Å². The Labute approximate surface area is 160 Å². The van der Waals surface area contributed by atoms with E-state index in [4.69, 9.17) is 0 Å². The van der Waals surface area contributed by atoms with Gasteiger partial charge in [0, 0.05) is 23.2 Å². The molecule has 0 atom stereocenters. The molecule has 2 heterocycles. The molecule has 0 saturated heterocycles. The fraction of sp³-hybridized carbons (Fsp3) is 0.0500. The van der Waals surface area contributed by atoms with Crippen LogP contribution in [0.25, 0.3) is 6.08 Å². The van der Waals surface area contributed by atoms with Gasteiger partial charge in [0.15, 0.2) is 0 Å². The fourth-order valence-corrected chi connectivity index (χ4v) is 3.70. The lowest BCUT2D eigenvalue weighted by atomic mass is 10.1. The van der Waals surface area contributed by atoms with Crippen LogP contribution in [0, 0.1) is 0 Å². The van der Waals surface area contributed by atoms with Crippen LogP contribution in [0.2, 0.25) is 0 Å². The number of carbonyl (C=O) groups excluding carboxylic acids is 2. The second-order valence-electron chi connectivity index (χ2n) is 6.00. The highest BCUT2D eigenvalue weighted by Gasteiger charge is 2.28. The minimum Gasteiger partial charge on any atom is -0.354 e. The molecule has 0 aliphatic carbocycles. The lowest BCUT2D eigenvalue weighted by Gasteiger charge is -2.17. The molecule has 2 amide bonds. The number of rotatable bonds is 2. The summed E-state index contributed by atoms with van der Waals surface area (Å²) in [7, 11) is 0. The molecule has 4 rings (SSSR count). The number of carbonyl (C=O) groups is 2. The Hall–Kier alpha value is -3.32. The van der Waals surface area contributed by atoms with Gasteiger partial charge in [-0.2, -0.15) is 5.10 Å². The maximum absolute atomic E-state index is 12.3. The van der Waals surface area contributed by atoms with Crippen LogP contribution in [0.3, 0.4) is 0 Å². The molecule has 7 heteroatoms. The Morgan fingerprint density at radius 2 is 1.85 bits per heavy atom. The first-order valence-electron chi connectivity index (χ1n) is 8.32. The lowest BCUT2D eigenvalue weighted by molar-refractivity contribution is -0.116. The van der Waals surface area contributed by atoms with Gasteiger partial charge >= 0.3 is 0 Å². The van der Waals surface area contributed by atoms with Crippen molar-refractivity contribution in [2.75, 3.05) is 10.6 Å². The molecule has 2 aromatic carbocycles. The molecular formula is C20H16N4O2S. The van der Waals surface area contributed by atoms with Gasteiger partial charge < -0.3 is 10.6 Å². The van der Waals surface area contributed by atoms with E-state index in [1.165, 1.54) is 18.7 Å². The average molecular weight is 376 g/mol. The molecule has 0 radical (unpaired) electrons. The first-order chi connectivity index (χ1) is 13.1. The number of nitrogens with zero attached hydrogens (tertiary/aromatic N) is 1. The summed E-state index contributed by atoms with van der Waals surface area (Å²) in [6.45, 7) is 1.47. The van der Waals surface area contributed by atoms with E-state index in [9.17, 15) is 9.59 Å². The smallest absolute Gasteiger partial charge is 0.276 e. The van der Waals surface area contributed by atoms with E-state index < -0.39 is 0 Å². The van der Waals surface area contributed by atoms with E-state index in [0.29, 0.717) is 16.3 Å². The summed E-state index contributed by atoms with van der Waals surface area (Å²) in [6, 6.07) is 15.3. The second-order valence-corrected chi connectivity index (χ2v) is 7.06. The third kappa shape index (κ3) is 3.63. The molecule has 0 saturated carbocycles. The Balaban J connectivity index is 1.58. The summed E-state index contributed by atoms with van der Waals surface area (Å²) in [5.41, 5.74) is 6.50. The maximum Gasteiger partial charge on any atom is 0.276 e. The lowest BCUT2D eigenvalue weighted by Crippen LogP contribution is -2.18. The summed E-state index contributed by atoms with van der Waals surface area (Å²) in [4.78, 5) is 24.4. The monoisotopic (exact) mass is 376 g/mol. The van der Waals surface area contributed by atoms with Crippen LogP contribution >= 0.6 is 11.8 Å². The number of anilines is 2. The normalized spacial score (nSPS) is 17.7. The molecular weight excluding hydrogens is 360 g/mol. The van der Waals surface area contributed by atoms with Gasteiger partial charge in [0.25, 0.3) is 5.91 Å². The number of thioether (sulfide) groups is 1. The van der Waals surface area contributed by atoms with Crippen molar-refractivity contribution in [3.8, 4) is 0 Å². The number of amides is 2. The molecule has 0 spiro atoms. The van der Waals surface area contributed by atoms with Crippen LogP contribution in [0.15, 0.2) is 75.9 Å². The minimum atomic E-state index is -0.237. The molecule has 0 aromatic heterocycles. The molecule has 27 heavy (non-hydrogen) atoms. The van der Waals surface area contributed by atoms with Crippen molar-refractivity contribution in [2.24, 2.45) is 5.10 Å². The zero-order chi connectivity index (χ0) is 18.8. The Morgan fingerprint density at radius 3 is 2.63 bits per heavy atom. The summed E-state index contributed by atoms with van der Waals surface area (Å²) in [5, 5.41) is 10.8. The van der Waals surface area contributed by atoms with E-state index in [0.717, 1.165) is 21.8 Å². The number of nitrogens with one attached hydrogen (secondary N) is 3. The highest BCUT2D eigenvalue weighted by Crippen LogP contribution is 2.32. The van der Waals surface area contributed by atoms with Gasteiger partial charge in [0.1, 0.15) is 5.04 Å². The quantitative estimate of drug-likeness (QED) is 0.700. The van der Waals surface area contributed by atoms with Crippen molar-refractivity contribution >= 4 is 46.1 Å². The van der Waals surface area contributed by atoms with Crippen molar-refractivity contribution in [3.63, 3.8) is 0 Å². The van der Waals surface area contributed by atoms with Gasteiger partial charge in [0.2, 0.25) is 5.91 Å². The summed E-state index contributed by atoms with van der Waals surface area (Å²) in [6.07, 6.45) is 3.86. The number of para-hydroxylation sites is 1. The van der Waals surface area contributed by atoms with Gasteiger partial charge in [0.05, 0.1) is 11.3 Å². The van der Waals surface area contributed by atoms with E-state index >= 15 is 0 Å².